The lowest BCUT2D eigenvalue weighted by molar-refractivity contribution is 0.0224. The number of furan rings is 1. The van der Waals surface area contributed by atoms with Crippen LogP contribution in [-0.2, 0) is 11.2 Å². The molecule has 0 aliphatic carbocycles. The van der Waals surface area contributed by atoms with E-state index in [0.717, 1.165) is 76.0 Å². The molecule has 8 nitrogen and oxygen atoms in total. The van der Waals surface area contributed by atoms with E-state index in [1.54, 1.807) is 18.7 Å². The largest absolute Gasteiger partial charge is 0.469 e. The number of guanidine groups is 1. The molecule has 4 heterocycles. The maximum absolute atomic E-state index is 5.85. The molecule has 4 rings (SSSR count). The van der Waals surface area contributed by atoms with E-state index in [1.165, 1.54) is 6.42 Å². The molecule has 2 N–H and O–H groups in total. The zero-order valence-corrected chi connectivity index (χ0v) is 17.5. The van der Waals surface area contributed by atoms with E-state index in [0.29, 0.717) is 12.6 Å². The van der Waals surface area contributed by atoms with Crippen LogP contribution in [0.4, 0.5) is 5.95 Å². The van der Waals surface area contributed by atoms with Crippen LogP contribution in [-0.4, -0.2) is 60.9 Å². The second-order valence-electron chi connectivity index (χ2n) is 7.89. The Bertz CT molecular complexity index is 753. The zero-order chi connectivity index (χ0) is 20.4. The highest BCUT2D eigenvalue weighted by Crippen LogP contribution is 2.16. The molecule has 0 aromatic carbocycles. The van der Waals surface area contributed by atoms with Gasteiger partial charge in [-0.05, 0) is 50.3 Å². The summed E-state index contributed by atoms with van der Waals surface area (Å²) in [6.45, 7) is 4.21. The van der Waals surface area contributed by atoms with Gasteiger partial charge in [0.25, 0.3) is 0 Å². The highest BCUT2D eigenvalue weighted by atomic mass is 16.5. The topological polar surface area (TPSA) is 87.8 Å². The number of nitrogens with one attached hydrogen (secondary N) is 2. The number of rotatable bonds is 7. The minimum atomic E-state index is 0.236. The lowest BCUT2D eigenvalue weighted by Crippen LogP contribution is -2.49. The van der Waals surface area contributed by atoms with Gasteiger partial charge < -0.3 is 24.7 Å². The van der Waals surface area contributed by atoms with E-state index in [1.807, 2.05) is 18.2 Å². The van der Waals surface area contributed by atoms with Crippen LogP contribution >= 0.6 is 0 Å². The monoisotopic (exact) mass is 412 g/mol. The molecule has 2 aliphatic heterocycles. The number of hydrogen-bond acceptors (Lipinski definition) is 6. The van der Waals surface area contributed by atoms with Crippen molar-refractivity contribution in [3.63, 3.8) is 0 Å². The summed E-state index contributed by atoms with van der Waals surface area (Å²) in [4.78, 5) is 15.8. The summed E-state index contributed by atoms with van der Waals surface area (Å²) in [5.41, 5.74) is 0. The van der Waals surface area contributed by atoms with Crippen molar-refractivity contribution in [3.8, 4) is 0 Å². The second kappa shape index (κ2) is 11.0. The van der Waals surface area contributed by atoms with Gasteiger partial charge in [-0.1, -0.05) is 0 Å². The average Bonchev–Trinajstić information content (AvgIpc) is 3.33. The summed E-state index contributed by atoms with van der Waals surface area (Å²) >= 11 is 0. The van der Waals surface area contributed by atoms with E-state index >= 15 is 0 Å². The molecule has 8 heteroatoms. The molecule has 2 fully saturated rings. The average molecular weight is 413 g/mol. The van der Waals surface area contributed by atoms with Crippen molar-refractivity contribution in [1.29, 1.82) is 0 Å². The molecule has 0 bridgehead atoms. The number of aliphatic imine (C=N–C) groups is 1. The first-order valence-corrected chi connectivity index (χ1v) is 11.1. The van der Waals surface area contributed by atoms with Crippen LogP contribution in [0.3, 0.4) is 0 Å². The third-order valence-corrected chi connectivity index (χ3v) is 5.64. The maximum atomic E-state index is 5.85. The minimum absolute atomic E-state index is 0.236. The van der Waals surface area contributed by atoms with Crippen molar-refractivity contribution < 1.29 is 9.15 Å². The number of ether oxygens (including phenoxy) is 1. The van der Waals surface area contributed by atoms with E-state index in [4.69, 9.17) is 14.1 Å². The SMILES string of the molecule is c1cnc(N2CCC(NC(=NCC3CCCCO3)NCCc3ccco3)CC2)nc1. The molecule has 0 radical (unpaired) electrons. The van der Waals surface area contributed by atoms with Crippen LogP contribution in [0, 0.1) is 0 Å². The Labute approximate surface area is 178 Å². The van der Waals surface area contributed by atoms with Crippen LogP contribution in [0.2, 0.25) is 0 Å². The van der Waals surface area contributed by atoms with Gasteiger partial charge in [-0.15, -0.1) is 0 Å². The van der Waals surface area contributed by atoms with E-state index in [2.05, 4.69) is 25.5 Å². The summed E-state index contributed by atoms with van der Waals surface area (Å²) in [6.07, 6.45) is 11.9. The van der Waals surface area contributed by atoms with Crippen molar-refractivity contribution in [2.75, 3.05) is 37.7 Å². The predicted molar refractivity (Wildman–Crippen MR) is 117 cm³/mol. The highest BCUT2D eigenvalue weighted by molar-refractivity contribution is 5.80. The van der Waals surface area contributed by atoms with Gasteiger partial charge in [-0.25, -0.2) is 9.97 Å². The van der Waals surface area contributed by atoms with Crippen molar-refractivity contribution in [2.24, 2.45) is 4.99 Å². The van der Waals surface area contributed by atoms with Gasteiger partial charge in [-0.2, -0.15) is 0 Å². The van der Waals surface area contributed by atoms with Gasteiger partial charge in [-0.3, -0.25) is 4.99 Å². The van der Waals surface area contributed by atoms with E-state index < -0.39 is 0 Å². The number of aromatic nitrogens is 2. The third kappa shape index (κ3) is 6.19. The van der Waals surface area contributed by atoms with Crippen LogP contribution in [0.15, 0.2) is 46.3 Å². The molecule has 0 spiro atoms. The van der Waals surface area contributed by atoms with Crippen molar-refractivity contribution >= 4 is 11.9 Å². The van der Waals surface area contributed by atoms with Gasteiger partial charge in [0.15, 0.2) is 5.96 Å². The number of piperidine rings is 1. The fourth-order valence-electron chi connectivity index (χ4n) is 3.93. The Morgan fingerprint density at radius 3 is 2.73 bits per heavy atom. The maximum Gasteiger partial charge on any atom is 0.225 e. The normalized spacial score (nSPS) is 20.9. The first-order chi connectivity index (χ1) is 14.9. The number of anilines is 1. The number of nitrogens with zero attached hydrogens (tertiary/aromatic N) is 4. The van der Waals surface area contributed by atoms with E-state index in [9.17, 15) is 0 Å². The third-order valence-electron chi connectivity index (χ3n) is 5.64. The molecule has 2 aromatic rings. The van der Waals surface area contributed by atoms with Crippen molar-refractivity contribution in [2.45, 2.75) is 50.7 Å². The second-order valence-corrected chi connectivity index (χ2v) is 7.89. The van der Waals surface area contributed by atoms with Crippen molar-refractivity contribution in [3.05, 3.63) is 42.6 Å². The van der Waals surface area contributed by atoms with Crippen molar-refractivity contribution in [1.82, 2.24) is 20.6 Å². The van der Waals surface area contributed by atoms with Crippen LogP contribution < -0.4 is 15.5 Å². The fourth-order valence-corrected chi connectivity index (χ4v) is 3.93. The summed E-state index contributed by atoms with van der Waals surface area (Å²) < 4.78 is 11.3. The first-order valence-electron chi connectivity index (χ1n) is 11.1. The van der Waals surface area contributed by atoms with Crippen LogP contribution in [0.5, 0.6) is 0 Å². The van der Waals surface area contributed by atoms with Gasteiger partial charge in [0.05, 0.1) is 18.9 Å². The molecular formula is C22H32N6O2. The molecule has 2 saturated heterocycles. The van der Waals surface area contributed by atoms with E-state index in [-0.39, 0.29) is 6.10 Å². The van der Waals surface area contributed by atoms with Gasteiger partial charge >= 0.3 is 0 Å². The fraction of sp³-hybridized carbons (Fsp3) is 0.591. The van der Waals surface area contributed by atoms with Gasteiger partial charge in [0, 0.05) is 51.1 Å². The predicted octanol–water partition coefficient (Wildman–Crippen LogP) is 2.39. The summed E-state index contributed by atoms with van der Waals surface area (Å²) in [7, 11) is 0. The quantitative estimate of drug-likeness (QED) is 0.533. The van der Waals surface area contributed by atoms with Crippen LogP contribution in [0.25, 0.3) is 0 Å². The Hall–Kier alpha value is -2.61. The standard InChI is InChI=1S/C22H32N6O2/c1-2-15-30-20(5-1)17-26-21(23-12-7-19-6-3-16-29-19)27-18-8-13-28(14-9-18)22-24-10-4-11-25-22/h3-4,6,10-11,16,18,20H,1-2,5,7-9,12-15,17H2,(H2,23,26,27). The Kier molecular flexibility index (Phi) is 7.55. The molecule has 1 atom stereocenters. The molecule has 0 saturated carbocycles. The molecule has 2 aliphatic rings. The van der Waals surface area contributed by atoms with Gasteiger partial charge in [0.1, 0.15) is 5.76 Å². The lowest BCUT2D eigenvalue weighted by Gasteiger charge is -2.33. The Balaban J connectivity index is 1.29. The Morgan fingerprint density at radius 2 is 2.00 bits per heavy atom. The molecule has 162 valence electrons. The smallest absolute Gasteiger partial charge is 0.225 e. The Morgan fingerprint density at radius 1 is 1.13 bits per heavy atom. The molecular weight excluding hydrogens is 380 g/mol. The highest BCUT2D eigenvalue weighted by Gasteiger charge is 2.22. The lowest BCUT2D eigenvalue weighted by atomic mass is 10.1. The molecule has 30 heavy (non-hydrogen) atoms. The van der Waals surface area contributed by atoms with Crippen LogP contribution in [0.1, 0.15) is 37.9 Å². The summed E-state index contributed by atoms with van der Waals surface area (Å²) in [5, 5.41) is 7.11. The minimum Gasteiger partial charge on any atom is -0.469 e. The number of hydrogen-bond donors (Lipinski definition) is 2. The zero-order valence-electron chi connectivity index (χ0n) is 17.5. The molecule has 2 aromatic heterocycles. The summed E-state index contributed by atoms with van der Waals surface area (Å²) in [5.74, 6) is 2.66. The molecule has 1 unspecified atom stereocenters. The summed E-state index contributed by atoms with van der Waals surface area (Å²) in [6, 6.07) is 6.16. The van der Waals surface area contributed by atoms with Gasteiger partial charge in [0.2, 0.25) is 5.95 Å². The first kappa shape index (κ1) is 20.7. The molecule has 0 amide bonds.